The predicted molar refractivity (Wildman–Crippen MR) is 117 cm³/mol. The average Bonchev–Trinajstić information content (AvgIpc) is 3.45. The summed E-state index contributed by atoms with van der Waals surface area (Å²) in [6.45, 7) is 1.80. The number of furan rings is 1. The van der Waals surface area contributed by atoms with E-state index in [4.69, 9.17) is 9.15 Å². The minimum absolute atomic E-state index is 0.543. The van der Waals surface area contributed by atoms with Crippen LogP contribution in [0.15, 0.2) is 69.8 Å². The number of hydrogen-bond donors (Lipinski definition) is 1. The fourth-order valence-corrected chi connectivity index (χ4v) is 5.44. The van der Waals surface area contributed by atoms with Gasteiger partial charge in [-0.3, -0.25) is 0 Å². The molecule has 0 saturated heterocycles. The minimum atomic E-state index is -1.22. The van der Waals surface area contributed by atoms with Crippen molar-refractivity contribution >= 4 is 44.4 Å². The molecule has 2 aromatic carbocycles. The third-order valence-corrected chi connectivity index (χ3v) is 7.06. The molecule has 3 nitrogen and oxygen atoms in total. The number of thiophene rings is 2. The van der Waals surface area contributed by atoms with Crippen LogP contribution in [0, 0.1) is 0 Å². The summed E-state index contributed by atoms with van der Waals surface area (Å²) in [5.74, 6) is 1.36. The van der Waals surface area contributed by atoms with Gasteiger partial charge in [-0.1, -0.05) is 12.1 Å². The molecule has 0 aliphatic carbocycles. The first-order chi connectivity index (χ1) is 13.6. The van der Waals surface area contributed by atoms with Crippen molar-refractivity contribution < 1.29 is 14.3 Å². The molecule has 0 bridgehead atoms. The molecular weight excluding hydrogens is 388 g/mol. The molecule has 140 valence electrons. The Balaban J connectivity index is 1.64. The number of aliphatic hydroxyl groups is 1. The van der Waals surface area contributed by atoms with Gasteiger partial charge in [-0.25, -0.2) is 0 Å². The van der Waals surface area contributed by atoms with Crippen LogP contribution in [-0.2, 0) is 5.60 Å². The van der Waals surface area contributed by atoms with Gasteiger partial charge in [-0.05, 0) is 70.9 Å². The van der Waals surface area contributed by atoms with Gasteiger partial charge in [0, 0.05) is 15.8 Å². The highest BCUT2D eigenvalue weighted by Gasteiger charge is 2.33. The van der Waals surface area contributed by atoms with Crippen LogP contribution in [-0.4, -0.2) is 12.2 Å². The van der Waals surface area contributed by atoms with Crippen molar-refractivity contribution in [3.8, 4) is 15.5 Å². The summed E-state index contributed by atoms with van der Waals surface area (Å²) in [5.41, 5.74) is 0.411. The maximum atomic E-state index is 11.4. The van der Waals surface area contributed by atoms with Gasteiger partial charge in [0.15, 0.2) is 0 Å². The van der Waals surface area contributed by atoms with E-state index in [-0.39, 0.29) is 0 Å². The van der Waals surface area contributed by atoms with Crippen LogP contribution in [0.25, 0.3) is 31.5 Å². The van der Waals surface area contributed by atoms with E-state index < -0.39 is 5.60 Å². The molecule has 0 aliphatic heterocycles. The van der Waals surface area contributed by atoms with Gasteiger partial charge in [0.2, 0.25) is 0 Å². The number of ether oxygens (including phenoxy) is 1. The van der Waals surface area contributed by atoms with Gasteiger partial charge in [0.25, 0.3) is 0 Å². The number of benzene rings is 2. The van der Waals surface area contributed by atoms with Crippen molar-refractivity contribution in [1.29, 1.82) is 0 Å². The van der Waals surface area contributed by atoms with Crippen LogP contribution in [0.5, 0.6) is 5.75 Å². The molecule has 28 heavy (non-hydrogen) atoms. The Bertz CT molecular complexity index is 1280. The molecule has 1 N–H and O–H groups in total. The van der Waals surface area contributed by atoms with Gasteiger partial charge < -0.3 is 14.3 Å². The highest BCUT2D eigenvalue weighted by molar-refractivity contribution is 7.20. The molecule has 0 radical (unpaired) electrons. The number of fused-ring (bicyclic) bond motifs is 2. The van der Waals surface area contributed by atoms with E-state index in [9.17, 15) is 5.11 Å². The Morgan fingerprint density at radius 1 is 0.929 bits per heavy atom. The number of hydrogen-bond acceptors (Lipinski definition) is 5. The second kappa shape index (κ2) is 6.48. The SMILES string of the molecule is COc1ccc2cc3oc(C(C)(O)c4ccsc4-c4cccs4)cc3cc2c1. The Hall–Kier alpha value is -2.60. The molecule has 0 amide bonds. The second-order valence-electron chi connectivity index (χ2n) is 6.93. The van der Waals surface area contributed by atoms with Crippen molar-refractivity contribution in [3.63, 3.8) is 0 Å². The molecular formula is C23H18O3S2. The summed E-state index contributed by atoms with van der Waals surface area (Å²) in [7, 11) is 1.67. The number of methoxy groups -OCH3 is 1. The van der Waals surface area contributed by atoms with Crippen molar-refractivity contribution in [1.82, 2.24) is 0 Å². The van der Waals surface area contributed by atoms with Crippen LogP contribution >= 0.6 is 22.7 Å². The third-order valence-electron chi connectivity index (χ3n) is 5.10. The molecule has 1 atom stereocenters. The first-order valence-electron chi connectivity index (χ1n) is 8.92. The monoisotopic (exact) mass is 406 g/mol. The molecule has 0 fully saturated rings. The van der Waals surface area contributed by atoms with Crippen molar-refractivity contribution in [2.45, 2.75) is 12.5 Å². The first kappa shape index (κ1) is 17.5. The Kier molecular flexibility index (Phi) is 4.05. The van der Waals surface area contributed by atoms with E-state index in [0.29, 0.717) is 5.76 Å². The molecule has 0 saturated carbocycles. The van der Waals surface area contributed by atoms with Gasteiger partial charge in [-0.2, -0.15) is 0 Å². The highest BCUT2D eigenvalue weighted by Crippen LogP contribution is 2.43. The maximum absolute atomic E-state index is 11.4. The molecule has 5 heteroatoms. The molecule has 0 aliphatic rings. The van der Waals surface area contributed by atoms with Gasteiger partial charge >= 0.3 is 0 Å². The van der Waals surface area contributed by atoms with Gasteiger partial charge in [-0.15, -0.1) is 22.7 Å². The zero-order valence-electron chi connectivity index (χ0n) is 15.4. The van der Waals surface area contributed by atoms with Crippen LogP contribution in [0.4, 0.5) is 0 Å². The molecule has 3 heterocycles. The summed E-state index contributed by atoms with van der Waals surface area (Å²) in [6.07, 6.45) is 0. The fourth-order valence-electron chi connectivity index (χ4n) is 3.55. The second-order valence-corrected chi connectivity index (χ2v) is 8.79. The van der Waals surface area contributed by atoms with Crippen molar-refractivity contribution in [2.24, 2.45) is 0 Å². The van der Waals surface area contributed by atoms with E-state index in [0.717, 1.165) is 42.8 Å². The fraction of sp³-hybridized carbons (Fsp3) is 0.130. The normalized spacial score (nSPS) is 13.8. The lowest BCUT2D eigenvalue weighted by Gasteiger charge is -2.21. The van der Waals surface area contributed by atoms with Crippen molar-refractivity contribution in [3.05, 3.63) is 76.7 Å². The van der Waals surface area contributed by atoms with E-state index in [1.54, 1.807) is 36.7 Å². The Labute approximate surface area is 170 Å². The van der Waals surface area contributed by atoms with E-state index in [1.165, 1.54) is 0 Å². The summed E-state index contributed by atoms with van der Waals surface area (Å²) >= 11 is 3.31. The summed E-state index contributed by atoms with van der Waals surface area (Å²) in [5, 5.41) is 18.6. The third kappa shape index (κ3) is 2.75. The lowest BCUT2D eigenvalue weighted by molar-refractivity contribution is 0.0796. The Morgan fingerprint density at radius 3 is 2.61 bits per heavy atom. The topological polar surface area (TPSA) is 42.6 Å². The van der Waals surface area contributed by atoms with E-state index >= 15 is 0 Å². The van der Waals surface area contributed by atoms with Crippen LogP contribution < -0.4 is 4.74 Å². The molecule has 1 unspecified atom stereocenters. The van der Waals surface area contributed by atoms with E-state index in [2.05, 4.69) is 17.5 Å². The quantitative estimate of drug-likeness (QED) is 0.364. The maximum Gasteiger partial charge on any atom is 0.146 e. The average molecular weight is 407 g/mol. The van der Waals surface area contributed by atoms with Crippen LogP contribution in [0.1, 0.15) is 18.2 Å². The lowest BCUT2D eigenvalue weighted by Crippen LogP contribution is -2.21. The predicted octanol–water partition coefficient (Wildman–Crippen LogP) is 6.64. The van der Waals surface area contributed by atoms with Crippen molar-refractivity contribution in [2.75, 3.05) is 7.11 Å². The molecule has 3 aromatic heterocycles. The molecule has 0 spiro atoms. The minimum Gasteiger partial charge on any atom is -0.497 e. The zero-order chi connectivity index (χ0) is 19.3. The van der Waals surface area contributed by atoms with Gasteiger partial charge in [0.05, 0.1) is 12.0 Å². The van der Waals surface area contributed by atoms with Crippen LogP contribution in [0.2, 0.25) is 0 Å². The zero-order valence-corrected chi connectivity index (χ0v) is 17.1. The summed E-state index contributed by atoms with van der Waals surface area (Å²) in [6, 6.07) is 18.1. The molecule has 5 aromatic rings. The largest absolute Gasteiger partial charge is 0.497 e. The van der Waals surface area contributed by atoms with Gasteiger partial charge in [0.1, 0.15) is 22.7 Å². The smallest absolute Gasteiger partial charge is 0.146 e. The highest BCUT2D eigenvalue weighted by atomic mass is 32.1. The lowest BCUT2D eigenvalue weighted by atomic mass is 9.93. The molecule has 5 rings (SSSR count). The van der Waals surface area contributed by atoms with Crippen LogP contribution in [0.3, 0.4) is 0 Å². The number of rotatable bonds is 4. The van der Waals surface area contributed by atoms with E-state index in [1.807, 2.05) is 47.8 Å². The summed E-state index contributed by atoms with van der Waals surface area (Å²) < 4.78 is 11.5. The summed E-state index contributed by atoms with van der Waals surface area (Å²) in [4.78, 5) is 2.23. The standard InChI is InChI=1S/C23H18O3S2/c1-23(24,18-7-9-28-22(18)20-4-3-8-27-20)21-13-16-10-15-11-17(25-2)6-5-14(15)12-19(16)26-21/h3-13,24H,1-2H3. The Morgan fingerprint density at radius 2 is 1.82 bits per heavy atom. The first-order valence-corrected chi connectivity index (χ1v) is 10.7.